The topological polar surface area (TPSA) is 24.5 Å². The Balaban J connectivity index is 1.55. The number of fused-ring (bicyclic) bond motifs is 3. The van der Waals surface area contributed by atoms with Crippen molar-refractivity contribution < 1.29 is 4.74 Å². The minimum absolute atomic E-state index is 0.679. The Kier molecular flexibility index (Phi) is 4.04. The molecule has 19 heavy (non-hydrogen) atoms. The molecular formula is C16H24N2O. The average molecular weight is 260 g/mol. The van der Waals surface area contributed by atoms with E-state index in [2.05, 4.69) is 28.4 Å². The highest BCUT2D eigenvalue weighted by atomic mass is 16.5. The zero-order chi connectivity index (χ0) is 13.1. The fourth-order valence-corrected chi connectivity index (χ4v) is 3.36. The van der Waals surface area contributed by atoms with Gasteiger partial charge < -0.3 is 15.0 Å². The van der Waals surface area contributed by atoms with Gasteiger partial charge in [0.1, 0.15) is 5.75 Å². The van der Waals surface area contributed by atoms with E-state index in [1.807, 2.05) is 13.0 Å². The first-order valence-corrected chi connectivity index (χ1v) is 7.52. The minimum Gasteiger partial charge on any atom is -0.494 e. The quantitative estimate of drug-likeness (QED) is 0.879. The van der Waals surface area contributed by atoms with Crippen LogP contribution in [0.25, 0.3) is 0 Å². The molecule has 0 unspecified atom stereocenters. The van der Waals surface area contributed by atoms with Crippen LogP contribution in [0.3, 0.4) is 0 Å². The van der Waals surface area contributed by atoms with Crippen molar-refractivity contribution in [2.24, 2.45) is 5.92 Å². The highest BCUT2D eigenvalue weighted by molar-refractivity contribution is 5.28. The maximum Gasteiger partial charge on any atom is 0.119 e. The van der Waals surface area contributed by atoms with Gasteiger partial charge in [0.15, 0.2) is 0 Å². The van der Waals surface area contributed by atoms with Crippen molar-refractivity contribution in [1.29, 1.82) is 0 Å². The average Bonchev–Trinajstić information content (AvgIpc) is 2.47. The molecule has 3 nitrogen and oxygen atoms in total. The van der Waals surface area contributed by atoms with Gasteiger partial charge in [-0.25, -0.2) is 0 Å². The molecule has 1 aromatic carbocycles. The molecule has 4 rings (SSSR count). The number of hydrogen-bond donors (Lipinski definition) is 1. The van der Waals surface area contributed by atoms with Crippen molar-refractivity contribution in [1.82, 2.24) is 10.2 Å². The van der Waals surface area contributed by atoms with Crippen LogP contribution in [0.4, 0.5) is 0 Å². The Morgan fingerprint density at radius 3 is 2.84 bits per heavy atom. The van der Waals surface area contributed by atoms with Gasteiger partial charge in [0.25, 0.3) is 0 Å². The molecule has 3 aliphatic rings. The van der Waals surface area contributed by atoms with E-state index >= 15 is 0 Å². The second kappa shape index (κ2) is 5.93. The Labute approximate surface area is 115 Å². The van der Waals surface area contributed by atoms with E-state index in [0.29, 0.717) is 6.04 Å². The molecule has 3 fully saturated rings. The van der Waals surface area contributed by atoms with E-state index in [4.69, 9.17) is 4.74 Å². The summed E-state index contributed by atoms with van der Waals surface area (Å²) in [5, 5.41) is 3.74. The van der Waals surface area contributed by atoms with Crippen LogP contribution in [0.2, 0.25) is 0 Å². The van der Waals surface area contributed by atoms with Gasteiger partial charge in [0.2, 0.25) is 0 Å². The Bertz CT molecular complexity index is 413. The van der Waals surface area contributed by atoms with Gasteiger partial charge in [-0.05, 0) is 56.5 Å². The number of ether oxygens (including phenoxy) is 1. The summed E-state index contributed by atoms with van der Waals surface area (Å²) in [4.78, 5) is 2.59. The third-order valence-electron chi connectivity index (χ3n) is 4.43. The van der Waals surface area contributed by atoms with Gasteiger partial charge >= 0.3 is 0 Å². The Hall–Kier alpha value is -1.06. The zero-order valence-corrected chi connectivity index (χ0v) is 11.8. The molecule has 0 spiro atoms. The van der Waals surface area contributed by atoms with Gasteiger partial charge in [-0.15, -0.1) is 0 Å². The van der Waals surface area contributed by atoms with Crippen molar-refractivity contribution in [2.45, 2.75) is 32.4 Å². The lowest BCUT2D eigenvalue weighted by atomic mass is 9.84. The van der Waals surface area contributed by atoms with Gasteiger partial charge in [0, 0.05) is 19.1 Å². The van der Waals surface area contributed by atoms with Crippen molar-refractivity contribution in [3.63, 3.8) is 0 Å². The summed E-state index contributed by atoms with van der Waals surface area (Å²) < 4.78 is 5.55. The first kappa shape index (κ1) is 12.9. The van der Waals surface area contributed by atoms with Crippen molar-refractivity contribution >= 4 is 0 Å². The van der Waals surface area contributed by atoms with Crippen LogP contribution in [0, 0.1) is 5.92 Å². The predicted molar refractivity (Wildman–Crippen MR) is 77.4 cm³/mol. The molecule has 104 valence electrons. The maximum absolute atomic E-state index is 5.55. The summed E-state index contributed by atoms with van der Waals surface area (Å²) in [5.74, 6) is 1.87. The van der Waals surface area contributed by atoms with E-state index in [1.54, 1.807) is 0 Å². The van der Waals surface area contributed by atoms with E-state index in [1.165, 1.54) is 38.0 Å². The zero-order valence-electron chi connectivity index (χ0n) is 11.8. The number of nitrogens with one attached hydrogen (secondary N) is 1. The summed E-state index contributed by atoms with van der Waals surface area (Å²) in [6, 6.07) is 9.12. The largest absolute Gasteiger partial charge is 0.494 e. The molecule has 0 amide bonds. The van der Waals surface area contributed by atoms with Crippen LogP contribution in [0.1, 0.15) is 25.3 Å². The summed E-state index contributed by atoms with van der Waals surface area (Å²) in [5.41, 5.74) is 1.32. The molecule has 0 saturated carbocycles. The molecule has 0 aromatic heterocycles. The monoisotopic (exact) mass is 260 g/mol. The van der Waals surface area contributed by atoms with E-state index < -0.39 is 0 Å². The summed E-state index contributed by atoms with van der Waals surface area (Å²) in [7, 11) is 0. The second-order valence-corrected chi connectivity index (χ2v) is 5.71. The van der Waals surface area contributed by atoms with Crippen LogP contribution in [-0.2, 0) is 6.54 Å². The molecule has 2 bridgehead atoms. The molecular weight excluding hydrogens is 236 g/mol. The fourth-order valence-electron chi connectivity index (χ4n) is 3.36. The van der Waals surface area contributed by atoms with Crippen LogP contribution in [-0.4, -0.2) is 37.2 Å². The smallest absolute Gasteiger partial charge is 0.119 e. The van der Waals surface area contributed by atoms with Crippen LogP contribution < -0.4 is 10.1 Å². The Morgan fingerprint density at radius 1 is 1.32 bits per heavy atom. The molecule has 0 aliphatic carbocycles. The first-order chi connectivity index (χ1) is 9.35. The van der Waals surface area contributed by atoms with Crippen molar-refractivity contribution in [2.75, 3.05) is 26.2 Å². The number of benzene rings is 1. The number of hydrogen-bond acceptors (Lipinski definition) is 3. The lowest BCUT2D eigenvalue weighted by molar-refractivity contribution is 0.0720. The lowest BCUT2D eigenvalue weighted by Gasteiger charge is -2.45. The second-order valence-electron chi connectivity index (χ2n) is 5.71. The standard InChI is InChI=1S/C16H24N2O/c1-2-19-15-5-3-4-13(10-15)11-17-16-12-18-8-6-14(16)7-9-18/h3-5,10,14,16-17H,2,6-9,11-12H2,1H3/t16-/m0/s1. The minimum atomic E-state index is 0.679. The molecule has 0 radical (unpaired) electrons. The third kappa shape index (κ3) is 3.10. The molecule has 3 aliphatic heterocycles. The van der Waals surface area contributed by atoms with Crippen LogP contribution >= 0.6 is 0 Å². The van der Waals surface area contributed by atoms with Crippen molar-refractivity contribution in [3.05, 3.63) is 29.8 Å². The Morgan fingerprint density at radius 2 is 2.16 bits per heavy atom. The predicted octanol–water partition coefficient (Wildman–Crippen LogP) is 2.27. The van der Waals surface area contributed by atoms with E-state index in [-0.39, 0.29) is 0 Å². The van der Waals surface area contributed by atoms with Crippen molar-refractivity contribution in [3.8, 4) is 5.75 Å². The summed E-state index contributed by atoms with van der Waals surface area (Å²) in [6.45, 7) is 7.56. The van der Waals surface area contributed by atoms with Crippen LogP contribution in [0.15, 0.2) is 24.3 Å². The number of rotatable bonds is 5. The fraction of sp³-hybridized carbons (Fsp3) is 0.625. The third-order valence-corrected chi connectivity index (χ3v) is 4.43. The maximum atomic E-state index is 5.55. The van der Waals surface area contributed by atoms with E-state index in [9.17, 15) is 0 Å². The van der Waals surface area contributed by atoms with Gasteiger partial charge in [-0.1, -0.05) is 12.1 Å². The molecule has 3 heterocycles. The molecule has 3 heteroatoms. The SMILES string of the molecule is CCOc1cccc(CN[C@H]2CN3CCC2CC3)c1. The molecule has 1 atom stereocenters. The highest BCUT2D eigenvalue weighted by Crippen LogP contribution is 2.27. The van der Waals surface area contributed by atoms with Gasteiger partial charge in [0.05, 0.1) is 6.61 Å². The molecule has 1 aromatic rings. The normalized spacial score (nSPS) is 29.4. The molecule has 3 saturated heterocycles. The number of nitrogens with zero attached hydrogens (tertiary/aromatic N) is 1. The molecule has 1 N–H and O–H groups in total. The first-order valence-electron chi connectivity index (χ1n) is 7.52. The van der Waals surface area contributed by atoms with Crippen LogP contribution in [0.5, 0.6) is 5.75 Å². The van der Waals surface area contributed by atoms with E-state index in [0.717, 1.165) is 24.8 Å². The lowest BCUT2D eigenvalue weighted by Crippen LogP contribution is -2.55. The highest BCUT2D eigenvalue weighted by Gasteiger charge is 2.33. The van der Waals surface area contributed by atoms with Gasteiger partial charge in [-0.2, -0.15) is 0 Å². The summed E-state index contributed by atoms with van der Waals surface area (Å²) >= 11 is 0. The summed E-state index contributed by atoms with van der Waals surface area (Å²) in [6.07, 6.45) is 2.74. The van der Waals surface area contributed by atoms with Gasteiger partial charge in [-0.3, -0.25) is 0 Å². The number of piperidine rings is 3.